The van der Waals surface area contributed by atoms with E-state index < -0.39 is 11.7 Å². The van der Waals surface area contributed by atoms with Crippen LogP contribution in [0.25, 0.3) is 11.4 Å². The average Bonchev–Trinajstić information content (AvgIpc) is 3.28. The molecule has 36 heavy (non-hydrogen) atoms. The standard InChI is InChI=1S/C25H27Cl2N5O3S/c1-25(2,3)35-24(34)30-23-29-20(15-36-23)19-9-8-18(27)21(28-19)22(33)32-12-10-31(11-13-32)14-16-4-6-17(26)7-5-16/h4-9,15H,10-14H2,1-3H3,(H,29,30,34). The normalized spacial score (nSPS) is 14.5. The molecule has 0 unspecified atom stereocenters. The Hall–Kier alpha value is -2.72. The fraction of sp³-hybridized carbons (Fsp3) is 0.360. The zero-order chi connectivity index (χ0) is 25.9. The molecule has 0 bridgehead atoms. The maximum absolute atomic E-state index is 13.2. The molecule has 3 heterocycles. The number of hydrogen-bond donors (Lipinski definition) is 1. The summed E-state index contributed by atoms with van der Waals surface area (Å²) < 4.78 is 5.26. The topological polar surface area (TPSA) is 87.7 Å². The van der Waals surface area contributed by atoms with Crippen molar-refractivity contribution in [3.8, 4) is 11.4 Å². The number of piperazine rings is 1. The number of carbonyl (C=O) groups is 2. The van der Waals surface area contributed by atoms with Gasteiger partial charge >= 0.3 is 6.09 Å². The lowest BCUT2D eigenvalue weighted by atomic mass is 10.2. The van der Waals surface area contributed by atoms with E-state index in [0.29, 0.717) is 34.6 Å². The zero-order valence-corrected chi connectivity index (χ0v) is 22.6. The van der Waals surface area contributed by atoms with Crippen molar-refractivity contribution in [1.82, 2.24) is 19.8 Å². The number of hydrogen-bond acceptors (Lipinski definition) is 7. The number of benzene rings is 1. The third-order valence-corrected chi connectivity index (χ3v) is 6.72. The highest BCUT2D eigenvalue weighted by Crippen LogP contribution is 2.27. The lowest BCUT2D eigenvalue weighted by molar-refractivity contribution is 0.0619. The molecule has 0 spiro atoms. The van der Waals surface area contributed by atoms with E-state index in [2.05, 4.69) is 20.2 Å². The molecule has 11 heteroatoms. The average molecular weight is 548 g/mol. The first kappa shape index (κ1) is 26.3. The molecule has 4 rings (SSSR count). The van der Waals surface area contributed by atoms with Gasteiger partial charge in [0.1, 0.15) is 17.0 Å². The van der Waals surface area contributed by atoms with Gasteiger partial charge in [-0.15, -0.1) is 11.3 Å². The van der Waals surface area contributed by atoms with E-state index in [0.717, 1.165) is 19.6 Å². The number of aromatic nitrogens is 2. The summed E-state index contributed by atoms with van der Waals surface area (Å²) in [6.45, 7) is 8.82. The Kier molecular flexibility index (Phi) is 8.14. The maximum atomic E-state index is 13.2. The first-order chi connectivity index (χ1) is 17.1. The smallest absolute Gasteiger partial charge is 0.413 e. The molecule has 0 saturated carbocycles. The molecule has 2 aromatic heterocycles. The van der Waals surface area contributed by atoms with E-state index >= 15 is 0 Å². The maximum Gasteiger partial charge on any atom is 0.413 e. The van der Waals surface area contributed by atoms with Crippen LogP contribution in [0.2, 0.25) is 10.0 Å². The quantitative estimate of drug-likeness (QED) is 0.433. The van der Waals surface area contributed by atoms with Gasteiger partial charge in [0.2, 0.25) is 0 Å². The molecule has 0 radical (unpaired) electrons. The van der Waals surface area contributed by atoms with Crippen LogP contribution in [-0.4, -0.2) is 63.5 Å². The van der Waals surface area contributed by atoms with Crippen molar-refractivity contribution >= 4 is 51.7 Å². The van der Waals surface area contributed by atoms with Crippen LogP contribution in [0.5, 0.6) is 0 Å². The summed E-state index contributed by atoms with van der Waals surface area (Å²) in [6, 6.07) is 11.2. The minimum absolute atomic E-state index is 0.190. The molecular formula is C25H27Cl2N5O3S. The van der Waals surface area contributed by atoms with Crippen LogP contribution in [0.1, 0.15) is 36.8 Å². The van der Waals surface area contributed by atoms with E-state index in [9.17, 15) is 9.59 Å². The fourth-order valence-corrected chi connectivity index (χ4v) is 4.68. The Bertz CT molecular complexity index is 1240. The Morgan fingerprint density at radius 1 is 1.00 bits per heavy atom. The number of rotatable bonds is 5. The van der Waals surface area contributed by atoms with Crippen LogP contribution >= 0.6 is 34.5 Å². The molecule has 1 N–H and O–H groups in total. The monoisotopic (exact) mass is 547 g/mol. The predicted molar refractivity (Wildman–Crippen MR) is 143 cm³/mol. The van der Waals surface area contributed by atoms with Gasteiger partial charge in [-0.1, -0.05) is 35.3 Å². The Morgan fingerprint density at radius 2 is 1.69 bits per heavy atom. The Morgan fingerprint density at radius 3 is 2.36 bits per heavy atom. The fourth-order valence-electron chi connectivity index (χ4n) is 3.68. The number of nitrogens with one attached hydrogen (secondary N) is 1. The summed E-state index contributed by atoms with van der Waals surface area (Å²) in [5, 5.41) is 5.75. The number of nitrogens with zero attached hydrogens (tertiary/aromatic N) is 4. The van der Waals surface area contributed by atoms with Crippen molar-refractivity contribution in [3.63, 3.8) is 0 Å². The zero-order valence-electron chi connectivity index (χ0n) is 20.3. The van der Waals surface area contributed by atoms with Gasteiger partial charge in [0, 0.05) is 43.1 Å². The van der Waals surface area contributed by atoms with Crippen molar-refractivity contribution in [2.75, 3.05) is 31.5 Å². The summed E-state index contributed by atoms with van der Waals surface area (Å²) in [5.41, 5.74) is 1.79. The van der Waals surface area contributed by atoms with Gasteiger partial charge in [0.25, 0.3) is 5.91 Å². The number of carbonyl (C=O) groups excluding carboxylic acids is 2. The number of thiazole rings is 1. The number of amides is 2. The second kappa shape index (κ2) is 11.1. The van der Waals surface area contributed by atoms with E-state index in [4.69, 9.17) is 27.9 Å². The second-order valence-electron chi connectivity index (χ2n) is 9.39. The molecule has 1 aliphatic heterocycles. The van der Waals surface area contributed by atoms with Crippen LogP contribution in [0, 0.1) is 0 Å². The third-order valence-electron chi connectivity index (χ3n) is 5.40. The van der Waals surface area contributed by atoms with Crippen molar-refractivity contribution in [2.24, 2.45) is 0 Å². The van der Waals surface area contributed by atoms with Crippen LogP contribution in [-0.2, 0) is 11.3 Å². The van der Waals surface area contributed by atoms with Crippen molar-refractivity contribution < 1.29 is 14.3 Å². The van der Waals surface area contributed by atoms with Gasteiger partial charge in [-0.25, -0.2) is 14.8 Å². The summed E-state index contributed by atoms with van der Waals surface area (Å²) in [4.78, 5) is 38.3. The second-order valence-corrected chi connectivity index (χ2v) is 11.1. The highest BCUT2D eigenvalue weighted by atomic mass is 35.5. The predicted octanol–water partition coefficient (Wildman–Crippen LogP) is 5.82. The molecule has 0 aliphatic carbocycles. The first-order valence-electron chi connectivity index (χ1n) is 11.5. The van der Waals surface area contributed by atoms with Gasteiger partial charge in [-0.05, 0) is 50.6 Å². The summed E-state index contributed by atoms with van der Waals surface area (Å²) in [7, 11) is 0. The Balaban J connectivity index is 1.39. The molecule has 1 aromatic carbocycles. The summed E-state index contributed by atoms with van der Waals surface area (Å²) >= 11 is 13.6. The minimum atomic E-state index is -0.613. The van der Waals surface area contributed by atoms with Crippen LogP contribution in [0.4, 0.5) is 9.93 Å². The number of pyridine rings is 1. The van der Waals surface area contributed by atoms with Gasteiger partial charge in [0.05, 0.1) is 10.7 Å². The third kappa shape index (κ3) is 6.94. The van der Waals surface area contributed by atoms with E-state index in [-0.39, 0.29) is 16.6 Å². The number of anilines is 1. The van der Waals surface area contributed by atoms with Gasteiger partial charge in [0.15, 0.2) is 5.13 Å². The van der Waals surface area contributed by atoms with Crippen molar-refractivity contribution in [2.45, 2.75) is 32.9 Å². The van der Waals surface area contributed by atoms with Gasteiger partial charge in [-0.2, -0.15) is 0 Å². The highest BCUT2D eigenvalue weighted by molar-refractivity contribution is 7.14. The largest absolute Gasteiger partial charge is 0.444 e. The Labute approximate surface area is 224 Å². The first-order valence-corrected chi connectivity index (χ1v) is 13.1. The van der Waals surface area contributed by atoms with E-state index in [1.807, 2.05) is 24.3 Å². The van der Waals surface area contributed by atoms with E-state index in [1.54, 1.807) is 43.2 Å². The summed E-state index contributed by atoms with van der Waals surface area (Å²) in [6.07, 6.45) is -0.585. The molecule has 190 valence electrons. The molecule has 1 fully saturated rings. The highest BCUT2D eigenvalue weighted by Gasteiger charge is 2.25. The van der Waals surface area contributed by atoms with E-state index in [1.165, 1.54) is 16.9 Å². The van der Waals surface area contributed by atoms with Crippen molar-refractivity contribution in [1.29, 1.82) is 0 Å². The van der Waals surface area contributed by atoms with Crippen LogP contribution < -0.4 is 5.32 Å². The van der Waals surface area contributed by atoms with Crippen LogP contribution in [0.3, 0.4) is 0 Å². The molecule has 2 amide bonds. The number of halogens is 2. The number of ether oxygens (including phenoxy) is 1. The van der Waals surface area contributed by atoms with Crippen LogP contribution in [0.15, 0.2) is 41.8 Å². The van der Waals surface area contributed by atoms with Gasteiger partial charge in [-0.3, -0.25) is 15.0 Å². The molecule has 0 atom stereocenters. The lowest BCUT2D eigenvalue weighted by Gasteiger charge is -2.34. The lowest BCUT2D eigenvalue weighted by Crippen LogP contribution is -2.48. The molecule has 3 aromatic rings. The van der Waals surface area contributed by atoms with Crippen molar-refractivity contribution in [3.05, 3.63) is 63.1 Å². The summed E-state index contributed by atoms with van der Waals surface area (Å²) in [5.74, 6) is -0.213. The molecule has 8 nitrogen and oxygen atoms in total. The molecular weight excluding hydrogens is 521 g/mol. The minimum Gasteiger partial charge on any atom is -0.444 e. The van der Waals surface area contributed by atoms with Gasteiger partial charge < -0.3 is 9.64 Å². The molecule has 1 aliphatic rings. The molecule has 1 saturated heterocycles. The SMILES string of the molecule is CC(C)(C)OC(=O)Nc1nc(-c2ccc(Cl)c(C(=O)N3CCN(Cc4ccc(Cl)cc4)CC3)n2)cs1.